The standard InChI is InChI=1S/C15H26N4O/c20-15(16-18-7-11-3-1-4-12(11)8-18)17-19-9-13-5-2-6-14(13)10-19/h11-14H,1-10H2,(H2,16,17,20). The van der Waals surface area contributed by atoms with Crippen LogP contribution in [0.3, 0.4) is 0 Å². The first-order chi connectivity index (χ1) is 9.78. The molecule has 0 aromatic carbocycles. The molecule has 2 saturated heterocycles. The molecule has 0 spiro atoms. The molecule has 5 nitrogen and oxygen atoms in total. The number of nitrogens with one attached hydrogen (secondary N) is 2. The van der Waals surface area contributed by atoms with Crippen LogP contribution < -0.4 is 10.9 Å². The molecule has 4 rings (SSSR count). The van der Waals surface area contributed by atoms with E-state index in [0.717, 1.165) is 49.9 Å². The van der Waals surface area contributed by atoms with E-state index in [2.05, 4.69) is 20.9 Å². The second-order valence-electron chi connectivity index (χ2n) is 7.26. The van der Waals surface area contributed by atoms with Crippen LogP contribution in [0.25, 0.3) is 0 Å². The maximum absolute atomic E-state index is 12.1. The smallest absolute Gasteiger partial charge is 0.269 e. The Morgan fingerprint density at radius 3 is 1.40 bits per heavy atom. The van der Waals surface area contributed by atoms with E-state index in [9.17, 15) is 4.79 Å². The van der Waals surface area contributed by atoms with Gasteiger partial charge in [-0.1, -0.05) is 12.8 Å². The van der Waals surface area contributed by atoms with Gasteiger partial charge < -0.3 is 0 Å². The number of urea groups is 1. The predicted molar refractivity (Wildman–Crippen MR) is 76.5 cm³/mol. The molecule has 4 aliphatic rings. The molecule has 4 unspecified atom stereocenters. The average Bonchev–Trinajstić information content (AvgIpc) is 3.06. The molecule has 2 aliphatic carbocycles. The van der Waals surface area contributed by atoms with Crippen LogP contribution in [-0.4, -0.2) is 42.2 Å². The number of amides is 2. The zero-order valence-corrected chi connectivity index (χ0v) is 12.2. The van der Waals surface area contributed by atoms with Gasteiger partial charge in [0.25, 0.3) is 0 Å². The van der Waals surface area contributed by atoms with Crippen molar-refractivity contribution in [3.05, 3.63) is 0 Å². The van der Waals surface area contributed by atoms with Gasteiger partial charge in [0.1, 0.15) is 0 Å². The minimum Gasteiger partial charge on any atom is -0.269 e. The first-order valence-corrected chi connectivity index (χ1v) is 8.35. The molecule has 20 heavy (non-hydrogen) atoms. The van der Waals surface area contributed by atoms with Crippen LogP contribution in [0.1, 0.15) is 38.5 Å². The summed E-state index contributed by atoms with van der Waals surface area (Å²) in [6.45, 7) is 4.18. The van der Waals surface area contributed by atoms with Crippen LogP contribution in [0.15, 0.2) is 0 Å². The highest BCUT2D eigenvalue weighted by Gasteiger charge is 2.38. The van der Waals surface area contributed by atoms with Crippen LogP contribution >= 0.6 is 0 Å². The van der Waals surface area contributed by atoms with E-state index in [1.54, 1.807) is 0 Å². The molecular weight excluding hydrogens is 252 g/mol. The van der Waals surface area contributed by atoms with Gasteiger partial charge in [-0.25, -0.2) is 14.8 Å². The molecule has 2 aliphatic heterocycles. The summed E-state index contributed by atoms with van der Waals surface area (Å²) in [5, 5.41) is 4.25. The van der Waals surface area contributed by atoms with Crippen LogP contribution in [0.4, 0.5) is 4.79 Å². The Morgan fingerprint density at radius 1 is 0.700 bits per heavy atom. The van der Waals surface area contributed by atoms with Gasteiger partial charge in [-0.3, -0.25) is 10.9 Å². The summed E-state index contributed by atoms with van der Waals surface area (Å²) in [5.41, 5.74) is 6.08. The number of hydrogen-bond acceptors (Lipinski definition) is 3. The van der Waals surface area contributed by atoms with Gasteiger partial charge in [0.2, 0.25) is 0 Å². The van der Waals surface area contributed by atoms with Crippen molar-refractivity contribution < 1.29 is 4.79 Å². The molecule has 0 radical (unpaired) electrons. The Bertz CT molecular complexity index is 330. The fourth-order valence-corrected chi connectivity index (χ4v) is 4.96. The molecule has 2 saturated carbocycles. The van der Waals surface area contributed by atoms with Gasteiger partial charge in [0.05, 0.1) is 0 Å². The second-order valence-corrected chi connectivity index (χ2v) is 7.26. The molecule has 112 valence electrons. The van der Waals surface area contributed by atoms with Gasteiger partial charge in [0.15, 0.2) is 0 Å². The summed E-state index contributed by atoms with van der Waals surface area (Å²) in [6, 6.07) is -0.0371. The van der Waals surface area contributed by atoms with Gasteiger partial charge in [-0.2, -0.15) is 0 Å². The summed E-state index contributed by atoms with van der Waals surface area (Å²) in [6.07, 6.45) is 8.15. The van der Waals surface area contributed by atoms with Gasteiger partial charge in [0, 0.05) is 26.2 Å². The van der Waals surface area contributed by atoms with Crippen molar-refractivity contribution in [3.8, 4) is 0 Å². The number of carbonyl (C=O) groups is 1. The largest absolute Gasteiger partial charge is 0.343 e. The van der Waals surface area contributed by atoms with Crippen LogP contribution in [0, 0.1) is 23.7 Å². The van der Waals surface area contributed by atoms with E-state index in [4.69, 9.17) is 0 Å². The Kier molecular flexibility index (Phi) is 3.34. The van der Waals surface area contributed by atoms with Crippen molar-refractivity contribution in [1.29, 1.82) is 0 Å². The third-order valence-corrected chi connectivity index (χ3v) is 5.97. The molecule has 2 heterocycles. The van der Waals surface area contributed by atoms with E-state index in [0.29, 0.717) is 0 Å². The maximum atomic E-state index is 12.1. The molecule has 0 aromatic heterocycles. The Morgan fingerprint density at radius 2 is 1.05 bits per heavy atom. The minimum absolute atomic E-state index is 0.0371. The maximum Gasteiger partial charge on any atom is 0.343 e. The number of fused-ring (bicyclic) bond motifs is 2. The predicted octanol–water partition coefficient (Wildman–Crippen LogP) is 1.58. The van der Waals surface area contributed by atoms with E-state index in [1.165, 1.54) is 38.5 Å². The summed E-state index contributed by atoms with van der Waals surface area (Å²) in [7, 11) is 0. The minimum atomic E-state index is -0.0371. The number of rotatable bonds is 2. The summed E-state index contributed by atoms with van der Waals surface area (Å²) < 4.78 is 0. The first kappa shape index (κ1) is 12.9. The van der Waals surface area contributed by atoms with Crippen molar-refractivity contribution in [1.82, 2.24) is 20.9 Å². The molecule has 2 amide bonds. The number of hydrazine groups is 2. The lowest BCUT2D eigenvalue weighted by molar-refractivity contribution is 0.156. The summed E-state index contributed by atoms with van der Waals surface area (Å²) in [5.74, 6) is 3.28. The van der Waals surface area contributed by atoms with E-state index in [-0.39, 0.29) is 6.03 Å². The quantitative estimate of drug-likeness (QED) is 0.806. The van der Waals surface area contributed by atoms with E-state index < -0.39 is 0 Å². The highest BCUT2D eigenvalue weighted by Crippen LogP contribution is 2.37. The second kappa shape index (κ2) is 5.19. The fraction of sp³-hybridized carbons (Fsp3) is 0.933. The van der Waals surface area contributed by atoms with Crippen molar-refractivity contribution in [2.75, 3.05) is 26.2 Å². The molecule has 0 aromatic rings. The monoisotopic (exact) mass is 278 g/mol. The van der Waals surface area contributed by atoms with Gasteiger partial charge >= 0.3 is 6.03 Å². The van der Waals surface area contributed by atoms with Gasteiger partial charge in [-0.05, 0) is 49.4 Å². The molecule has 5 heteroatoms. The van der Waals surface area contributed by atoms with Gasteiger partial charge in [-0.15, -0.1) is 0 Å². The van der Waals surface area contributed by atoms with Crippen molar-refractivity contribution in [2.24, 2.45) is 23.7 Å². The Hall–Kier alpha value is -0.810. The van der Waals surface area contributed by atoms with Crippen molar-refractivity contribution in [3.63, 3.8) is 0 Å². The zero-order chi connectivity index (χ0) is 13.5. The Balaban J connectivity index is 1.23. The lowest BCUT2D eigenvalue weighted by Crippen LogP contribution is -2.52. The van der Waals surface area contributed by atoms with Crippen molar-refractivity contribution >= 4 is 6.03 Å². The average molecular weight is 278 g/mol. The third-order valence-electron chi connectivity index (χ3n) is 5.97. The van der Waals surface area contributed by atoms with Crippen LogP contribution in [-0.2, 0) is 0 Å². The summed E-state index contributed by atoms with van der Waals surface area (Å²) in [4.78, 5) is 12.1. The van der Waals surface area contributed by atoms with E-state index >= 15 is 0 Å². The summed E-state index contributed by atoms with van der Waals surface area (Å²) >= 11 is 0. The topological polar surface area (TPSA) is 47.6 Å². The lowest BCUT2D eigenvalue weighted by atomic mass is 10.0. The van der Waals surface area contributed by atoms with Crippen molar-refractivity contribution in [2.45, 2.75) is 38.5 Å². The zero-order valence-electron chi connectivity index (χ0n) is 12.2. The SMILES string of the molecule is O=C(NN1CC2CCCC2C1)NN1CC2CCCC2C1. The number of nitrogens with zero attached hydrogens (tertiary/aromatic N) is 2. The Labute approximate surface area is 121 Å². The van der Waals surface area contributed by atoms with E-state index in [1.807, 2.05) is 0 Å². The molecule has 4 atom stereocenters. The molecule has 2 N–H and O–H groups in total. The number of hydrogen-bond donors (Lipinski definition) is 2. The lowest BCUT2D eigenvalue weighted by Gasteiger charge is -2.22. The number of carbonyl (C=O) groups excluding carboxylic acids is 1. The highest BCUT2D eigenvalue weighted by molar-refractivity contribution is 5.72. The third kappa shape index (κ3) is 2.42. The molecule has 0 bridgehead atoms. The molecule has 4 fully saturated rings. The van der Waals surface area contributed by atoms with Crippen LogP contribution in [0.5, 0.6) is 0 Å². The highest BCUT2D eigenvalue weighted by atomic mass is 16.2. The first-order valence-electron chi connectivity index (χ1n) is 8.35. The molecular formula is C15H26N4O. The fourth-order valence-electron chi connectivity index (χ4n) is 4.96. The normalized spacial score (nSPS) is 40.8. The van der Waals surface area contributed by atoms with Crippen LogP contribution in [0.2, 0.25) is 0 Å².